The summed E-state index contributed by atoms with van der Waals surface area (Å²) in [6.07, 6.45) is 0.212. The number of halogens is 1. The maximum absolute atomic E-state index is 13.9. The lowest BCUT2D eigenvalue weighted by molar-refractivity contribution is -0.129. The molecule has 5 nitrogen and oxygen atoms in total. The summed E-state index contributed by atoms with van der Waals surface area (Å²) >= 11 is 0. The van der Waals surface area contributed by atoms with E-state index in [1.807, 2.05) is 39.0 Å². The zero-order valence-corrected chi connectivity index (χ0v) is 16.6. The van der Waals surface area contributed by atoms with Gasteiger partial charge in [-0.2, -0.15) is 0 Å². The molecule has 0 aromatic heterocycles. The molecular formula is C22H26FNO4. The van der Waals surface area contributed by atoms with Gasteiger partial charge in [0.25, 0.3) is 5.91 Å². The van der Waals surface area contributed by atoms with E-state index in [0.717, 1.165) is 5.56 Å². The van der Waals surface area contributed by atoms with Crippen molar-refractivity contribution in [3.05, 3.63) is 53.8 Å². The summed E-state index contributed by atoms with van der Waals surface area (Å²) in [5, 5.41) is 3.05. The Balaban J connectivity index is 1.81. The number of carbonyl (C=O) groups excluding carboxylic acids is 1. The number of para-hydroxylation sites is 1. The predicted molar refractivity (Wildman–Crippen MR) is 104 cm³/mol. The number of amides is 1. The van der Waals surface area contributed by atoms with Crippen LogP contribution in [0.25, 0.3) is 0 Å². The lowest BCUT2D eigenvalue weighted by Crippen LogP contribution is -2.45. The summed E-state index contributed by atoms with van der Waals surface area (Å²) < 4.78 is 30.9. The third-order valence-corrected chi connectivity index (χ3v) is 4.76. The monoisotopic (exact) mass is 387 g/mol. The van der Waals surface area contributed by atoms with Crippen LogP contribution >= 0.6 is 0 Å². The molecule has 0 bridgehead atoms. The van der Waals surface area contributed by atoms with Crippen molar-refractivity contribution < 1.29 is 23.4 Å². The number of carbonyl (C=O) groups is 1. The number of methoxy groups -OCH3 is 1. The van der Waals surface area contributed by atoms with E-state index in [4.69, 9.17) is 14.2 Å². The molecule has 0 unspecified atom stereocenters. The molecule has 1 N–H and O–H groups in total. The Morgan fingerprint density at radius 2 is 2.07 bits per heavy atom. The fraction of sp³-hybridized carbons (Fsp3) is 0.409. The molecule has 0 saturated heterocycles. The van der Waals surface area contributed by atoms with Gasteiger partial charge in [0, 0.05) is 12.0 Å². The van der Waals surface area contributed by atoms with Crippen molar-refractivity contribution >= 4 is 5.91 Å². The minimum Gasteiger partial charge on any atom is -0.497 e. The van der Waals surface area contributed by atoms with E-state index in [2.05, 4.69) is 5.32 Å². The van der Waals surface area contributed by atoms with E-state index < -0.39 is 17.5 Å². The molecule has 150 valence electrons. The van der Waals surface area contributed by atoms with Crippen LogP contribution in [-0.2, 0) is 4.79 Å². The second-order valence-corrected chi connectivity index (χ2v) is 7.48. The van der Waals surface area contributed by atoms with Crippen molar-refractivity contribution in [3.8, 4) is 17.2 Å². The van der Waals surface area contributed by atoms with E-state index >= 15 is 0 Å². The first-order valence-corrected chi connectivity index (χ1v) is 9.41. The first-order chi connectivity index (χ1) is 13.3. The third-order valence-electron chi connectivity index (χ3n) is 4.76. The molecule has 1 heterocycles. The molecule has 0 fully saturated rings. The van der Waals surface area contributed by atoms with Gasteiger partial charge in [0.1, 0.15) is 17.1 Å². The van der Waals surface area contributed by atoms with Gasteiger partial charge < -0.3 is 19.5 Å². The third kappa shape index (κ3) is 4.38. The minimum atomic E-state index is -0.795. The van der Waals surface area contributed by atoms with Gasteiger partial charge in [-0.25, -0.2) is 4.39 Å². The van der Waals surface area contributed by atoms with Gasteiger partial charge in [0.05, 0.1) is 13.2 Å². The second kappa shape index (κ2) is 8.09. The zero-order valence-electron chi connectivity index (χ0n) is 16.6. The molecule has 0 aliphatic carbocycles. The molecule has 0 saturated carbocycles. The average molecular weight is 387 g/mol. The topological polar surface area (TPSA) is 56.8 Å². The predicted octanol–water partition coefficient (Wildman–Crippen LogP) is 4.41. The van der Waals surface area contributed by atoms with E-state index in [0.29, 0.717) is 24.3 Å². The number of nitrogens with one attached hydrogen (secondary N) is 1. The summed E-state index contributed by atoms with van der Waals surface area (Å²) in [5.41, 5.74) is 0.418. The first-order valence-electron chi connectivity index (χ1n) is 9.41. The van der Waals surface area contributed by atoms with Crippen LogP contribution in [0.2, 0.25) is 0 Å². The van der Waals surface area contributed by atoms with Crippen molar-refractivity contribution in [1.29, 1.82) is 0 Å². The van der Waals surface area contributed by atoms with Crippen LogP contribution in [0.4, 0.5) is 4.39 Å². The standard InChI is InChI=1S/C22H26FNO4/c1-5-18(27-20-9-7-6-8-16(20)23)21(25)24-17-13-22(2,3)28-19-11-10-14(26-4)12-15(17)19/h6-12,17-18H,5,13H2,1-4H3,(H,24,25)/t17-,18+/m1/s1. The summed E-state index contributed by atoms with van der Waals surface area (Å²) in [6, 6.07) is 11.4. The second-order valence-electron chi connectivity index (χ2n) is 7.48. The zero-order chi connectivity index (χ0) is 20.3. The Kier molecular flexibility index (Phi) is 5.77. The highest BCUT2D eigenvalue weighted by molar-refractivity contribution is 5.81. The van der Waals surface area contributed by atoms with Crippen LogP contribution in [0.15, 0.2) is 42.5 Å². The van der Waals surface area contributed by atoms with Crippen molar-refractivity contribution in [3.63, 3.8) is 0 Å². The normalized spacial score (nSPS) is 18.4. The molecule has 0 radical (unpaired) electrons. The van der Waals surface area contributed by atoms with Gasteiger partial charge in [-0.15, -0.1) is 0 Å². The highest BCUT2D eigenvalue weighted by Gasteiger charge is 2.36. The number of ether oxygens (including phenoxy) is 3. The fourth-order valence-electron chi connectivity index (χ4n) is 3.37. The molecule has 3 rings (SSSR count). The Morgan fingerprint density at radius 3 is 2.75 bits per heavy atom. The van der Waals surface area contributed by atoms with E-state index in [1.165, 1.54) is 12.1 Å². The average Bonchev–Trinajstić information content (AvgIpc) is 2.66. The van der Waals surface area contributed by atoms with Crippen molar-refractivity contribution in [2.75, 3.05) is 7.11 Å². The number of hydrogen-bond donors (Lipinski definition) is 1. The van der Waals surface area contributed by atoms with Gasteiger partial charge in [-0.05, 0) is 50.6 Å². The van der Waals surface area contributed by atoms with Crippen LogP contribution in [0.5, 0.6) is 17.2 Å². The highest BCUT2D eigenvalue weighted by atomic mass is 19.1. The minimum absolute atomic E-state index is 0.0684. The van der Waals surface area contributed by atoms with E-state index in [9.17, 15) is 9.18 Å². The summed E-state index contributed by atoms with van der Waals surface area (Å²) in [4.78, 5) is 12.9. The number of rotatable bonds is 6. The van der Waals surface area contributed by atoms with Crippen molar-refractivity contribution in [2.45, 2.75) is 51.4 Å². The Bertz CT molecular complexity index is 852. The molecular weight excluding hydrogens is 361 g/mol. The lowest BCUT2D eigenvalue weighted by Gasteiger charge is -2.38. The van der Waals surface area contributed by atoms with Crippen molar-refractivity contribution in [2.24, 2.45) is 0 Å². The number of fused-ring (bicyclic) bond motifs is 1. The maximum Gasteiger partial charge on any atom is 0.261 e. The SMILES string of the molecule is CC[C@H](Oc1ccccc1F)C(=O)N[C@@H]1CC(C)(C)Oc2ccc(OC)cc21. The molecule has 1 amide bonds. The Labute approximate surface area is 164 Å². The van der Waals surface area contributed by atoms with Gasteiger partial charge in [0.15, 0.2) is 17.7 Å². The molecule has 2 atom stereocenters. The smallest absolute Gasteiger partial charge is 0.261 e. The molecule has 1 aliphatic heterocycles. The van der Waals surface area contributed by atoms with Gasteiger partial charge in [0.2, 0.25) is 0 Å². The van der Waals surface area contributed by atoms with Crippen LogP contribution < -0.4 is 19.5 Å². The van der Waals surface area contributed by atoms with Gasteiger partial charge >= 0.3 is 0 Å². The van der Waals surface area contributed by atoms with E-state index in [-0.39, 0.29) is 17.7 Å². The molecule has 28 heavy (non-hydrogen) atoms. The summed E-state index contributed by atoms with van der Waals surface area (Å²) in [6.45, 7) is 5.79. The summed E-state index contributed by atoms with van der Waals surface area (Å²) in [5.74, 6) is 0.693. The molecule has 6 heteroatoms. The number of benzene rings is 2. The molecule has 0 spiro atoms. The molecule has 2 aromatic carbocycles. The van der Waals surface area contributed by atoms with Crippen LogP contribution in [-0.4, -0.2) is 24.7 Å². The van der Waals surface area contributed by atoms with Crippen molar-refractivity contribution in [1.82, 2.24) is 5.32 Å². The van der Waals surface area contributed by atoms with Crippen LogP contribution in [0.3, 0.4) is 0 Å². The van der Waals surface area contributed by atoms with Gasteiger partial charge in [-0.3, -0.25) is 4.79 Å². The molecule has 1 aliphatic rings. The largest absolute Gasteiger partial charge is 0.497 e. The molecule has 2 aromatic rings. The fourth-order valence-corrected chi connectivity index (χ4v) is 3.37. The quantitative estimate of drug-likeness (QED) is 0.798. The van der Waals surface area contributed by atoms with Crippen LogP contribution in [0, 0.1) is 5.82 Å². The summed E-state index contributed by atoms with van der Waals surface area (Å²) in [7, 11) is 1.60. The lowest BCUT2D eigenvalue weighted by atomic mass is 9.89. The first kappa shape index (κ1) is 20.0. The maximum atomic E-state index is 13.9. The highest BCUT2D eigenvalue weighted by Crippen LogP contribution is 2.41. The van der Waals surface area contributed by atoms with Crippen LogP contribution in [0.1, 0.15) is 45.2 Å². The Morgan fingerprint density at radius 1 is 1.32 bits per heavy atom. The van der Waals surface area contributed by atoms with E-state index in [1.54, 1.807) is 19.2 Å². The number of hydrogen-bond acceptors (Lipinski definition) is 4. The van der Waals surface area contributed by atoms with Gasteiger partial charge in [-0.1, -0.05) is 19.1 Å². The Hall–Kier alpha value is -2.76.